The monoisotopic (exact) mass is 309 g/mol. The van der Waals surface area contributed by atoms with E-state index in [9.17, 15) is 4.79 Å². The van der Waals surface area contributed by atoms with E-state index in [0.717, 1.165) is 11.0 Å². The standard InChI is InChI=1S/C18H19N3O2/c1-12(2)21-11-19-15-10-13(8-9-16(15)21)20-18(22)14-6-4-5-7-17(14)23-3/h4-12H,1-3H3,(H,20,22). The van der Waals surface area contributed by atoms with Crippen LogP contribution in [0.25, 0.3) is 11.0 Å². The van der Waals surface area contributed by atoms with Gasteiger partial charge in [-0.05, 0) is 44.2 Å². The quantitative estimate of drug-likeness (QED) is 0.795. The van der Waals surface area contributed by atoms with Gasteiger partial charge in [0.05, 0.1) is 30.0 Å². The van der Waals surface area contributed by atoms with E-state index in [1.165, 1.54) is 0 Å². The van der Waals surface area contributed by atoms with Crippen molar-refractivity contribution in [3.05, 3.63) is 54.4 Å². The predicted molar refractivity (Wildman–Crippen MR) is 91.1 cm³/mol. The number of fused-ring (bicyclic) bond motifs is 1. The van der Waals surface area contributed by atoms with Crippen molar-refractivity contribution in [2.24, 2.45) is 0 Å². The Labute approximate surface area is 134 Å². The van der Waals surface area contributed by atoms with E-state index in [1.807, 2.05) is 36.7 Å². The molecule has 0 saturated carbocycles. The van der Waals surface area contributed by atoms with Crippen LogP contribution in [0.1, 0.15) is 30.2 Å². The van der Waals surface area contributed by atoms with Gasteiger partial charge in [0.25, 0.3) is 5.91 Å². The summed E-state index contributed by atoms with van der Waals surface area (Å²) in [7, 11) is 1.55. The maximum absolute atomic E-state index is 12.4. The van der Waals surface area contributed by atoms with Gasteiger partial charge in [0, 0.05) is 11.7 Å². The van der Waals surface area contributed by atoms with Crippen LogP contribution in [0.5, 0.6) is 5.75 Å². The highest BCUT2D eigenvalue weighted by atomic mass is 16.5. The van der Waals surface area contributed by atoms with Crippen LogP contribution in [0.3, 0.4) is 0 Å². The number of amides is 1. The minimum Gasteiger partial charge on any atom is -0.496 e. The molecule has 0 aliphatic heterocycles. The smallest absolute Gasteiger partial charge is 0.259 e. The van der Waals surface area contributed by atoms with Crippen LogP contribution >= 0.6 is 0 Å². The zero-order chi connectivity index (χ0) is 16.4. The van der Waals surface area contributed by atoms with E-state index < -0.39 is 0 Å². The summed E-state index contributed by atoms with van der Waals surface area (Å²) in [5, 5.41) is 2.90. The van der Waals surface area contributed by atoms with E-state index in [1.54, 1.807) is 19.2 Å². The topological polar surface area (TPSA) is 56.1 Å². The number of nitrogens with zero attached hydrogens (tertiary/aromatic N) is 2. The third-order valence-electron chi connectivity index (χ3n) is 3.74. The molecule has 0 unspecified atom stereocenters. The van der Waals surface area contributed by atoms with Crippen LogP contribution in [0, 0.1) is 0 Å². The SMILES string of the molecule is COc1ccccc1C(=O)Nc1ccc2c(c1)ncn2C(C)C. The Kier molecular flexibility index (Phi) is 4.02. The molecule has 0 aliphatic rings. The first-order chi connectivity index (χ1) is 11.1. The maximum Gasteiger partial charge on any atom is 0.259 e. The maximum atomic E-state index is 12.4. The number of imidazole rings is 1. The van der Waals surface area contributed by atoms with Crippen molar-refractivity contribution in [3.8, 4) is 5.75 Å². The minimum atomic E-state index is -0.204. The minimum absolute atomic E-state index is 0.204. The van der Waals surface area contributed by atoms with Crippen LogP contribution < -0.4 is 10.1 Å². The Morgan fingerprint density at radius 2 is 2.00 bits per heavy atom. The van der Waals surface area contributed by atoms with Gasteiger partial charge in [0.15, 0.2) is 0 Å². The normalized spacial score (nSPS) is 11.0. The molecule has 0 fully saturated rings. The molecule has 3 rings (SSSR count). The van der Waals surface area contributed by atoms with Crippen molar-refractivity contribution < 1.29 is 9.53 Å². The Bertz CT molecular complexity index is 852. The number of benzene rings is 2. The molecule has 1 aromatic heterocycles. The van der Waals surface area contributed by atoms with Gasteiger partial charge in [0.1, 0.15) is 5.75 Å². The van der Waals surface area contributed by atoms with Crippen LogP contribution in [-0.4, -0.2) is 22.6 Å². The van der Waals surface area contributed by atoms with Crippen LogP contribution in [-0.2, 0) is 0 Å². The lowest BCUT2D eigenvalue weighted by atomic mass is 10.2. The van der Waals surface area contributed by atoms with Gasteiger partial charge >= 0.3 is 0 Å². The number of carbonyl (C=O) groups is 1. The Balaban J connectivity index is 1.88. The first-order valence-electron chi connectivity index (χ1n) is 7.51. The molecule has 3 aromatic rings. The van der Waals surface area contributed by atoms with Crippen LogP contribution in [0.2, 0.25) is 0 Å². The molecule has 1 amide bonds. The number of ether oxygens (including phenoxy) is 1. The Morgan fingerprint density at radius 3 is 2.74 bits per heavy atom. The lowest BCUT2D eigenvalue weighted by molar-refractivity contribution is 0.102. The lowest BCUT2D eigenvalue weighted by Gasteiger charge is -2.10. The number of anilines is 1. The summed E-state index contributed by atoms with van der Waals surface area (Å²) in [6.07, 6.45) is 1.82. The molecule has 5 heteroatoms. The molecular weight excluding hydrogens is 290 g/mol. The molecular formula is C18H19N3O2. The van der Waals surface area contributed by atoms with Crippen molar-refractivity contribution >= 4 is 22.6 Å². The second-order valence-corrected chi connectivity index (χ2v) is 5.60. The van der Waals surface area contributed by atoms with Gasteiger partial charge < -0.3 is 14.6 Å². The van der Waals surface area contributed by atoms with Crippen LogP contribution in [0.4, 0.5) is 5.69 Å². The summed E-state index contributed by atoms with van der Waals surface area (Å²) >= 11 is 0. The van der Waals surface area contributed by atoms with E-state index in [0.29, 0.717) is 23.0 Å². The highest BCUT2D eigenvalue weighted by Crippen LogP contribution is 2.23. The van der Waals surface area contributed by atoms with Crippen molar-refractivity contribution in [3.63, 3.8) is 0 Å². The second-order valence-electron chi connectivity index (χ2n) is 5.60. The molecule has 0 saturated heterocycles. The molecule has 0 aliphatic carbocycles. The summed E-state index contributed by atoms with van der Waals surface area (Å²) in [6, 6.07) is 13.2. The average Bonchev–Trinajstić information content (AvgIpc) is 2.98. The number of hydrogen-bond acceptors (Lipinski definition) is 3. The fourth-order valence-corrected chi connectivity index (χ4v) is 2.55. The van der Waals surface area contributed by atoms with Gasteiger partial charge in [0.2, 0.25) is 0 Å². The summed E-state index contributed by atoms with van der Waals surface area (Å²) in [6.45, 7) is 4.22. The van der Waals surface area contributed by atoms with Gasteiger partial charge in [-0.3, -0.25) is 4.79 Å². The van der Waals surface area contributed by atoms with Gasteiger partial charge in [-0.1, -0.05) is 12.1 Å². The molecule has 23 heavy (non-hydrogen) atoms. The van der Waals surface area contributed by atoms with Gasteiger partial charge in [-0.2, -0.15) is 0 Å². The molecule has 5 nitrogen and oxygen atoms in total. The van der Waals surface area contributed by atoms with Gasteiger partial charge in [-0.15, -0.1) is 0 Å². The Morgan fingerprint density at radius 1 is 1.22 bits per heavy atom. The number of aromatic nitrogens is 2. The number of rotatable bonds is 4. The molecule has 0 atom stereocenters. The van der Waals surface area contributed by atoms with Crippen molar-refractivity contribution in [2.75, 3.05) is 12.4 Å². The molecule has 118 valence electrons. The number of hydrogen-bond donors (Lipinski definition) is 1. The predicted octanol–water partition coefficient (Wildman–Crippen LogP) is 3.88. The van der Waals surface area contributed by atoms with E-state index in [2.05, 4.69) is 28.7 Å². The lowest BCUT2D eigenvalue weighted by Crippen LogP contribution is -2.13. The third-order valence-corrected chi connectivity index (χ3v) is 3.74. The first-order valence-corrected chi connectivity index (χ1v) is 7.51. The fourth-order valence-electron chi connectivity index (χ4n) is 2.55. The number of carbonyl (C=O) groups excluding carboxylic acids is 1. The summed E-state index contributed by atoms with van der Waals surface area (Å²) < 4.78 is 7.33. The van der Waals surface area contributed by atoms with Crippen molar-refractivity contribution in [2.45, 2.75) is 19.9 Å². The highest BCUT2D eigenvalue weighted by Gasteiger charge is 2.12. The van der Waals surface area contributed by atoms with Gasteiger partial charge in [-0.25, -0.2) is 4.98 Å². The largest absolute Gasteiger partial charge is 0.496 e. The molecule has 1 heterocycles. The Hall–Kier alpha value is -2.82. The molecule has 0 spiro atoms. The number of methoxy groups -OCH3 is 1. The third kappa shape index (κ3) is 2.90. The van der Waals surface area contributed by atoms with E-state index >= 15 is 0 Å². The first kappa shape index (κ1) is 15.1. The zero-order valence-corrected chi connectivity index (χ0v) is 13.4. The highest BCUT2D eigenvalue weighted by molar-refractivity contribution is 6.06. The zero-order valence-electron chi connectivity index (χ0n) is 13.4. The van der Waals surface area contributed by atoms with E-state index in [-0.39, 0.29) is 5.91 Å². The molecule has 1 N–H and O–H groups in total. The second kappa shape index (κ2) is 6.12. The summed E-state index contributed by atoms with van der Waals surface area (Å²) in [5.41, 5.74) is 3.12. The number of para-hydroxylation sites is 1. The summed E-state index contributed by atoms with van der Waals surface area (Å²) in [4.78, 5) is 16.8. The molecule has 0 bridgehead atoms. The molecule has 2 aromatic carbocycles. The summed E-state index contributed by atoms with van der Waals surface area (Å²) in [5.74, 6) is 0.347. The van der Waals surface area contributed by atoms with E-state index in [4.69, 9.17) is 4.74 Å². The fraction of sp³-hybridized carbons (Fsp3) is 0.222. The van der Waals surface area contributed by atoms with Crippen molar-refractivity contribution in [1.29, 1.82) is 0 Å². The van der Waals surface area contributed by atoms with Crippen molar-refractivity contribution in [1.82, 2.24) is 9.55 Å². The molecule has 0 radical (unpaired) electrons. The average molecular weight is 309 g/mol. The number of nitrogens with one attached hydrogen (secondary N) is 1. The van der Waals surface area contributed by atoms with Crippen LogP contribution in [0.15, 0.2) is 48.8 Å².